The second kappa shape index (κ2) is 4.70. The van der Waals surface area contributed by atoms with E-state index in [1.807, 2.05) is 0 Å². The molecule has 0 radical (unpaired) electrons. The molecular weight excluding hydrogens is 276 g/mol. The number of pyridine rings is 1. The number of halogens is 3. The van der Waals surface area contributed by atoms with E-state index < -0.39 is 6.17 Å². The van der Waals surface area contributed by atoms with Crippen molar-refractivity contribution in [2.45, 2.75) is 6.17 Å². The second-order valence-corrected chi connectivity index (χ2v) is 4.23. The highest BCUT2D eigenvalue weighted by Crippen LogP contribution is 2.25. The molecule has 0 N–H and O–H groups in total. The average molecular weight is 284 g/mol. The first-order chi connectivity index (χ1) is 7.66. The fourth-order valence-electron chi connectivity index (χ4n) is 1.34. The Labute approximate surface area is 100 Å². The molecular formula is C12H8BrF2N. The standard InChI is InChI=1S/C12H8BrF2N/c13-9-3-6-11(16-7-9)12(15)8-1-4-10(14)5-2-8/h1-7,12H. The molecule has 0 bridgehead atoms. The lowest BCUT2D eigenvalue weighted by atomic mass is 10.1. The highest BCUT2D eigenvalue weighted by molar-refractivity contribution is 9.10. The molecule has 2 rings (SSSR count). The van der Waals surface area contributed by atoms with Crippen molar-refractivity contribution < 1.29 is 8.78 Å². The molecule has 0 aliphatic heterocycles. The fraction of sp³-hybridized carbons (Fsp3) is 0.0833. The van der Waals surface area contributed by atoms with Crippen LogP contribution in [0, 0.1) is 5.82 Å². The van der Waals surface area contributed by atoms with E-state index in [9.17, 15) is 8.78 Å². The molecule has 1 aromatic carbocycles. The van der Waals surface area contributed by atoms with Gasteiger partial charge in [-0.1, -0.05) is 12.1 Å². The van der Waals surface area contributed by atoms with Gasteiger partial charge in [0.1, 0.15) is 5.82 Å². The normalized spacial score (nSPS) is 12.4. The number of hydrogen-bond donors (Lipinski definition) is 0. The molecule has 0 fully saturated rings. The van der Waals surface area contributed by atoms with Gasteiger partial charge in [0.25, 0.3) is 0 Å². The molecule has 0 spiro atoms. The second-order valence-electron chi connectivity index (χ2n) is 3.32. The topological polar surface area (TPSA) is 12.9 Å². The largest absolute Gasteiger partial charge is 0.257 e. The summed E-state index contributed by atoms with van der Waals surface area (Å²) in [7, 11) is 0. The van der Waals surface area contributed by atoms with Crippen molar-refractivity contribution in [2.75, 3.05) is 0 Å². The molecule has 1 heterocycles. The van der Waals surface area contributed by atoms with E-state index in [1.165, 1.54) is 30.5 Å². The van der Waals surface area contributed by atoms with Crippen molar-refractivity contribution in [2.24, 2.45) is 0 Å². The number of aromatic nitrogens is 1. The van der Waals surface area contributed by atoms with Gasteiger partial charge in [-0.15, -0.1) is 0 Å². The van der Waals surface area contributed by atoms with Gasteiger partial charge in [-0.05, 0) is 45.8 Å². The Morgan fingerprint density at radius 2 is 1.75 bits per heavy atom. The third-order valence-corrected chi connectivity index (χ3v) is 2.64. The molecule has 0 saturated heterocycles. The van der Waals surface area contributed by atoms with Crippen molar-refractivity contribution in [1.82, 2.24) is 4.98 Å². The summed E-state index contributed by atoms with van der Waals surface area (Å²) in [5.41, 5.74) is 0.714. The van der Waals surface area contributed by atoms with Crippen LogP contribution in [-0.2, 0) is 0 Å². The van der Waals surface area contributed by atoms with Crippen LogP contribution in [0.1, 0.15) is 17.4 Å². The van der Waals surface area contributed by atoms with E-state index in [0.717, 1.165) is 4.47 Å². The maximum atomic E-state index is 13.9. The minimum absolute atomic E-state index is 0.315. The molecule has 1 atom stereocenters. The first-order valence-corrected chi connectivity index (χ1v) is 5.47. The summed E-state index contributed by atoms with van der Waals surface area (Å²) in [6.45, 7) is 0. The van der Waals surface area contributed by atoms with Crippen LogP contribution in [0.15, 0.2) is 47.1 Å². The van der Waals surface area contributed by atoms with E-state index in [0.29, 0.717) is 11.3 Å². The van der Waals surface area contributed by atoms with E-state index in [1.54, 1.807) is 12.1 Å². The van der Waals surface area contributed by atoms with Crippen LogP contribution < -0.4 is 0 Å². The van der Waals surface area contributed by atoms with Crippen molar-refractivity contribution in [3.63, 3.8) is 0 Å². The minimum atomic E-state index is -1.33. The van der Waals surface area contributed by atoms with Crippen LogP contribution in [-0.4, -0.2) is 4.98 Å². The third kappa shape index (κ3) is 2.44. The summed E-state index contributed by atoms with van der Waals surface area (Å²) >= 11 is 3.23. The van der Waals surface area contributed by atoms with Crippen LogP contribution in [0.3, 0.4) is 0 Å². The summed E-state index contributed by atoms with van der Waals surface area (Å²) in [4.78, 5) is 3.96. The number of hydrogen-bond acceptors (Lipinski definition) is 1. The number of alkyl halides is 1. The Kier molecular flexibility index (Phi) is 3.29. The summed E-state index contributed by atoms with van der Waals surface area (Å²) in [5, 5.41) is 0. The Morgan fingerprint density at radius 1 is 1.06 bits per heavy atom. The molecule has 0 aliphatic carbocycles. The molecule has 0 saturated carbocycles. The summed E-state index contributed by atoms with van der Waals surface area (Å²) < 4.78 is 27.4. The zero-order chi connectivity index (χ0) is 11.5. The van der Waals surface area contributed by atoms with Gasteiger partial charge in [0.2, 0.25) is 0 Å². The first kappa shape index (κ1) is 11.2. The molecule has 2 aromatic rings. The number of rotatable bonds is 2. The highest BCUT2D eigenvalue weighted by atomic mass is 79.9. The summed E-state index contributed by atoms with van der Waals surface area (Å²) in [6.07, 6.45) is 0.208. The van der Waals surface area contributed by atoms with Gasteiger partial charge >= 0.3 is 0 Å². The van der Waals surface area contributed by atoms with Gasteiger partial charge in [0.15, 0.2) is 6.17 Å². The Morgan fingerprint density at radius 3 is 2.31 bits per heavy atom. The molecule has 1 unspecified atom stereocenters. The maximum absolute atomic E-state index is 13.9. The van der Waals surface area contributed by atoms with Gasteiger partial charge in [-0.2, -0.15) is 0 Å². The van der Waals surface area contributed by atoms with Crippen molar-refractivity contribution in [3.05, 3.63) is 64.1 Å². The van der Waals surface area contributed by atoms with Crippen LogP contribution in [0.5, 0.6) is 0 Å². The van der Waals surface area contributed by atoms with E-state index in [4.69, 9.17) is 0 Å². The van der Waals surface area contributed by atoms with E-state index in [2.05, 4.69) is 20.9 Å². The van der Waals surface area contributed by atoms with Gasteiger partial charge in [0.05, 0.1) is 5.69 Å². The predicted molar refractivity (Wildman–Crippen MR) is 61.3 cm³/mol. The van der Waals surface area contributed by atoms with Gasteiger partial charge < -0.3 is 0 Å². The van der Waals surface area contributed by atoms with Gasteiger partial charge in [0, 0.05) is 10.7 Å². The van der Waals surface area contributed by atoms with Crippen molar-refractivity contribution >= 4 is 15.9 Å². The number of nitrogens with zero attached hydrogens (tertiary/aromatic N) is 1. The average Bonchev–Trinajstić information content (AvgIpc) is 2.30. The number of benzene rings is 1. The van der Waals surface area contributed by atoms with Gasteiger partial charge in [-0.25, -0.2) is 8.78 Å². The summed E-state index contributed by atoms with van der Waals surface area (Å²) in [6, 6.07) is 8.63. The monoisotopic (exact) mass is 283 g/mol. The highest BCUT2D eigenvalue weighted by Gasteiger charge is 2.13. The molecule has 1 nitrogen and oxygen atoms in total. The summed E-state index contributed by atoms with van der Waals surface area (Å²) in [5.74, 6) is -0.375. The Bertz CT molecular complexity index is 422. The minimum Gasteiger partial charge on any atom is -0.257 e. The predicted octanol–water partition coefficient (Wildman–Crippen LogP) is 4.04. The van der Waals surface area contributed by atoms with Crippen LogP contribution in [0.4, 0.5) is 8.78 Å². The lowest BCUT2D eigenvalue weighted by Crippen LogP contribution is -1.97. The molecule has 0 aliphatic rings. The smallest absolute Gasteiger partial charge is 0.167 e. The van der Waals surface area contributed by atoms with E-state index >= 15 is 0 Å². The molecule has 16 heavy (non-hydrogen) atoms. The molecule has 0 amide bonds. The van der Waals surface area contributed by atoms with Crippen molar-refractivity contribution in [3.8, 4) is 0 Å². The quantitative estimate of drug-likeness (QED) is 0.811. The fourth-order valence-corrected chi connectivity index (χ4v) is 1.57. The van der Waals surface area contributed by atoms with Crippen LogP contribution in [0.25, 0.3) is 0 Å². The van der Waals surface area contributed by atoms with Crippen molar-refractivity contribution in [1.29, 1.82) is 0 Å². The maximum Gasteiger partial charge on any atom is 0.167 e. The zero-order valence-electron chi connectivity index (χ0n) is 8.20. The molecule has 82 valence electrons. The SMILES string of the molecule is Fc1ccc(C(F)c2ccc(Br)cn2)cc1. The first-order valence-electron chi connectivity index (χ1n) is 4.68. The third-order valence-electron chi connectivity index (χ3n) is 2.17. The zero-order valence-corrected chi connectivity index (χ0v) is 9.79. The molecule has 4 heteroatoms. The Hall–Kier alpha value is -1.29. The van der Waals surface area contributed by atoms with Crippen LogP contribution in [0.2, 0.25) is 0 Å². The van der Waals surface area contributed by atoms with Crippen LogP contribution >= 0.6 is 15.9 Å². The molecule has 1 aromatic heterocycles. The van der Waals surface area contributed by atoms with Gasteiger partial charge in [-0.3, -0.25) is 4.98 Å². The Balaban J connectivity index is 2.28. The lowest BCUT2D eigenvalue weighted by Gasteiger charge is -2.07. The lowest BCUT2D eigenvalue weighted by molar-refractivity contribution is 0.393. The van der Waals surface area contributed by atoms with E-state index in [-0.39, 0.29) is 5.82 Å².